The van der Waals surface area contributed by atoms with E-state index in [1.54, 1.807) is 50.4 Å². The molecule has 0 aliphatic heterocycles. The zero-order valence-corrected chi connectivity index (χ0v) is 18.6. The third-order valence-corrected chi connectivity index (χ3v) is 5.95. The summed E-state index contributed by atoms with van der Waals surface area (Å²) < 4.78 is 38.4. The van der Waals surface area contributed by atoms with E-state index in [2.05, 4.69) is 15.2 Å². The molecule has 0 radical (unpaired) electrons. The van der Waals surface area contributed by atoms with Crippen LogP contribution in [0.5, 0.6) is 11.5 Å². The summed E-state index contributed by atoms with van der Waals surface area (Å²) >= 11 is 0. The summed E-state index contributed by atoms with van der Waals surface area (Å²) in [4.78, 5) is 12.5. The van der Waals surface area contributed by atoms with Gasteiger partial charge >= 0.3 is 0 Å². The van der Waals surface area contributed by atoms with Gasteiger partial charge in [-0.25, -0.2) is 13.8 Å². The maximum atomic E-state index is 12.8. The Morgan fingerprint density at radius 1 is 0.875 bits per heavy atom. The summed E-state index contributed by atoms with van der Waals surface area (Å²) in [6.07, 6.45) is 0. The zero-order chi connectivity index (χ0) is 23.1. The van der Waals surface area contributed by atoms with Gasteiger partial charge in [-0.2, -0.15) is 5.10 Å². The van der Waals surface area contributed by atoms with Gasteiger partial charge in [-0.05, 0) is 67.1 Å². The lowest BCUT2D eigenvalue weighted by molar-refractivity contribution is 0.0954. The molecule has 0 aliphatic rings. The molecule has 3 aromatic rings. The van der Waals surface area contributed by atoms with Crippen molar-refractivity contribution in [2.45, 2.75) is 11.8 Å². The van der Waals surface area contributed by atoms with Gasteiger partial charge in [0.2, 0.25) is 0 Å². The zero-order valence-electron chi connectivity index (χ0n) is 17.8. The number of para-hydroxylation sites is 2. The number of hydrazone groups is 1. The highest BCUT2D eigenvalue weighted by atomic mass is 32.2. The minimum atomic E-state index is -3.94. The van der Waals surface area contributed by atoms with Crippen molar-refractivity contribution in [3.05, 3.63) is 83.9 Å². The predicted molar refractivity (Wildman–Crippen MR) is 123 cm³/mol. The van der Waals surface area contributed by atoms with Crippen LogP contribution < -0.4 is 19.6 Å². The molecule has 3 aromatic carbocycles. The number of nitrogens with zero attached hydrogens (tertiary/aromatic N) is 1. The van der Waals surface area contributed by atoms with Crippen molar-refractivity contribution in [2.24, 2.45) is 5.10 Å². The van der Waals surface area contributed by atoms with Crippen LogP contribution in [0.25, 0.3) is 0 Å². The highest BCUT2D eigenvalue weighted by molar-refractivity contribution is 7.92. The number of methoxy groups -OCH3 is 2. The molecule has 0 aliphatic carbocycles. The SMILES string of the molecule is COc1ccc(C(C)=NNC(=O)c2cccc(S(=O)(=O)Nc3ccccc3OC)c2)cc1. The van der Waals surface area contributed by atoms with E-state index in [9.17, 15) is 13.2 Å². The lowest BCUT2D eigenvalue weighted by atomic mass is 10.1. The van der Waals surface area contributed by atoms with Crippen molar-refractivity contribution in [2.75, 3.05) is 18.9 Å². The number of nitrogens with one attached hydrogen (secondary N) is 2. The number of carbonyl (C=O) groups is 1. The molecule has 0 saturated heterocycles. The summed E-state index contributed by atoms with van der Waals surface area (Å²) in [6, 6.07) is 19.6. The molecular weight excluding hydrogens is 430 g/mol. The van der Waals surface area contributed by atoms with Crippen LogP contribution in [0, 0.1) is 0 Å². The van der Waals surface area contributed by atoms with Crippen molar-refractivity contribution in [1.82, 2.24) is 5.43 Å². The van der Waals surface area contributed by atoms with Gasteiger partial charge in [0.25, 0.3) is 15.9 Å². The summed E-state index contributed by atoms with van der Waals surface area (Å²) in [5.74, 6) is 0.561. The van der Waals surface area contributed by atoms with E-state index < -0.39 is 15.9 Å². The number of carbonyl (C=O) groups excluding carboxylic acids is 1. The highest BCUT2D eigenvalue weighted by Gasteiger charge is 2.18. The third-order valence-electron chi connectivity index (χ3n) is 4.59. The number of anilines is 1. The van der Waals surface area contributed by atoms with Crippen molar-refractivity contribution in [3.8, 4) is 11.5 Å². The van der Waals surface area contributed by atoms with E-state index >= 15 is 0 Å². The fourth-order valence-corrected chi connectivity index (χ4v) is 3.95. The van der Waals surface area contributed by atoms with Crippen LogP contribution in [0.1, 0.15) is 22.8 Å². The van der Waals surface area contributed by atoms with Crippen LogP contribution in [0.2, 0.25) is 0 Å². The molecular formula is C23H23N3O5S. The topological polar surface area (TPSA) is 106 Å². The van der Waals surface area contributed by atoms with Crippen LogP contribution in [-0.2, 0) is 10.0 Å². The standard InChI is InChI=1S/C23H23N3O5S/c1-16(17-11-13-19(30-2)14-12-17)24-25-23(27)18-7-6-8-20(15-18)32(28,29)26-21-9-4-5-10-22(21)31-3/h4-15,26H,1-3H3,(H,25,27). The normalized spacial score (nSPS) is 11.5. The smallest absolute Gasteiger partial charge is 0.271 e. The van der Waals surface area contributed by atoms with Crippen LogP contribution >= 0.6 is 0 Å². The Morgan fingerprint density at radius 2 is 1.59 bits per heavy atom. The minimum Gasteiger partial charge on any atom is -0.497 e. The Bertz CT molecular complexity index is 1240. The molecule has 166 valence electrons. The van der Waals surface area contributed by atoms with Gasteiger partial charge in [-0.15, -0.1) is 0 Å². The first-order valence-corrected chi connectivity index (χ1v) is 11.1. The van der Waals surface area contributed by atoms with E-state index in [-0.39, 0.29) is 10.5 Å². The van der Waals surface area contributed by atoms with Crippen LogP contribution in [0.15, 0.2) is 82.8 Å². The van der Waals surface area contributed by atoms with E-state index in [4.69, 9.17) is 9.47 Å². The summed E-state index contributed by atoms with van der Waals surface area (Å²) in [5.41, 5.74) is 4.30. The molecule has 1 amide bonds. The van der Waals surface area contributed by atoms with Gasteiger partial charge in [-0.3, -0.25) is 9.52 Å². The number of rotatable bonds is 8. The minimum absolute atomic E-state index is 0.0630. The van der Waals surface area contributed by atoms with Crippen LogP contribution in [0.3, 0.4) is 0 Å². The van der Waals surface area contributed by atoms with E-state index in [1.165, 1.54) is 31.4 Å². The molecule has 0 spiro atoms. The van der Waals surface area contributed by atoms with E-state index in [0.717, 1.165) is 5.56 Å². The molecule has 8 nitrogen and oxygen atoms in total. The summed E-state index contributed by atoms with van der Waals surface area (Å²) in [7, 11) is -0.910. The Labute approximate surface area is 186 Å². The Hall–Kier alpha value is -3.85. The van der Waals surface area contributed by atoms with Crippen molar-refractivity contribution < 1.29 is 22.7 Å². The number of hydrogen-bond acceptors (Lipinski definition) is 6. The first kappa shape index (κ1) is 22.8. The van der Waals surface area contributed by atoms with Crippen molar-refractivity contribution >= 4 is 27.3 Å². The maximum Gasteiger partial charge on any atom is 0.271 e. The molecule has 0 bridgehead atoms. The number of sulfonamides is 1. The lowest BCUT2D eigenvalue weighted by Crippen LogP contribution is -2.20. The molecule has 0 aromatic heterocycles. The van der Waals surface area contributed by atoms with Crippen molar-refractivity contribution in [1.29, 1.82) is 0 Å². The summed E-state index contributed by atoms with van der Waals surface area (Å²) in [6.45, 7) is 1.75. The average molecular weight is 454 g/mol. The predicted octanol–water partition coefficient (Wildman–Crippen LogP) is 3.66. The van der Waals surface area contributed by atoms with Gasteiger partial charge in [0.1, 0.15) is 11.5 Å². The van der Waals surface area contributed by atoms with Gasteiger partial charge in [0.15, 0.2) is 0 Å². The Kier molecular flexibility index (Phi) is 7.11. The molecule has 0 saturated carbocycles. The first-order chi connectivity index (χ1) is 15.3. The lowest BCUT2D eigenvalue weighted by Gasteiger charge is -2.12. The van der Waals surface area contributed by atoms with Gasteiger partial charge < -0.3 is 9.47 Å². The third kappa shape index (κ3) is 5.44. The molecule has 2 N–H and O–H groups in total. The van der Waals surface area contributed by atoms with Crippen LogP contribution in [-0.4, -0.2) is 34.3 Å². The average Bonchev–Trinajstić information content (AvgIpc) is 2.82. The number of hydrogen-bond donors (Lipinski definition) is 2. The van der Waals surface area contributed by atoms with E-state index in [0.29, 0.717) is 22.9 Å². The van der Waals surface area contributed by atoms with Crippen molar-refractivity contribution in [3.63, 3.8) is 0 Å². The molecule has 0 heterocycles. The second kappa shape index (κ2) is 9.97. The number of benzene rings is 3. The monoisotopic (exact) mass is 453 g/mol. The largest absolute Gasteiger partial charge is 0.497 e. The second-order valence-electron chi connectivity index (χ2n) is 6.70. The number of amides is 1. The molecule has 0 fully saturated rings. The molecule has 0 unspecified atom stereocenters. The summed E-state index contributed by atoms with van der Waals surface area (Å²) in [5, 5.41) is 4.10. The second-order valence-corrected chi connectivity index (χ2v) is 8.38. The van der Waals surface area contributed by atoms with Gasteiger partial charge in [-0.1, -0.05) is 18.2 Å². The first-order valence-electron chi connectivity index (χ1n) is 9.59. The highest BCUT2D eigenvalue weighted by Crippen LogP contribution is 2.26. The Balaban J connectivity index is 1.76. The fourth-order valence-electron chi connectivity index (χ4n) is 2.83. The molecule has 9 heteroatoms. The number of ether oxygens (including phenoxy) is 2. The molecule has 3 rings (SSSR count). The molecule has 0 atom stereocenters. The molecule has 32 heavy (non-hydrogen) atoms. The van der Waals surface area contributed by atoms with Crippen LogP contribution in [0.4, 0.5) is 5.69 Å². The maximum absolute atomic E-state index is 12.8. The van der Waals surface area contributed by atoms with Gasteiger partial charge in [0, 0.05) is 5.56 Å². The fraction of sp³-hybridized carbons (Fsp3) is 0.130. The quantitative estimate of drug-likeness (QED) is 0.400. The van der Waals surface area contributed by atoms with E-state index in [1.807, 2.05) is 12.1 Å². The Morgan fingerprint density at radius 3 is 2.28 bits per heavy atom. The van der Waals surface area contributed by atoms with Gasteiger partial charge in [0.05, 0.1) is 30.5 Å².